The molecule has 3 heterocycles. The number of halogens is 1. The van der Waals surface area contributed by atoms with Gasteiger partial charge in [0.1, 0.15) is 6.33 Å². The van der Waals surface area contributed by atoms with E-state index in [0.717, 1.165) is 28.1 Å². The van der Waals surface area contributed by atoms with Crippen molar-refractivity contribution in [1.82, 2.24) is 19.9 Å². The Morgan fingerprint density at radius 3 is 2.88 bits per heavy atom. The molecule has 0 saturated carbocycles. The fourth-order valence-electron chi connectivity index (χ4n) is 3.28. The van der Waals surface area contributed by atoms with Gasteiger partial charge in [-0.15, -0.1) is 0 Å². The number of fused-ring (bicyclic) bond motifs is 1. The van der Waals surface area contributed by atoms with Crippen LogP contribution in [0.5, 0.6) is 0 Å². The maximum Gasteiger partial charge on any atom is 0.254 e. The van der Waals surface area contributed by atoms with Gasteiger partial charge in [0.05, 0.1) is 11.4 Å². The van der Waals surface area contributed by atoms with Gasteiger partial charge in [-0.05, 0) is 36.8 Å². The van der Waals surface area contributed by atoms with Crippen LogP contribution in [0.4, 0.5) is 0 Å². The molecule has 6 heteroatoms. The number of aromatic nitrogens is 3. The first kappa shape index (κ1) is 16.7. The lowest BCUT2D eigenvalue weighted by Crippen LogP contribution is -2.37. The number of pyridine rings is 1. The molecule has 0 fully saturated rings. The van der Waals surface area contributed by atoms with Crippen LogP contribution in [0.15, 0.2) is 49.1 Å². The SMILES string of the molecule is Cc1c(Cl)cccc1C(=O)N1CCc2ncnc(-c3cccnc3)c2C1. The van der Waals surface area contributed by atoms with Crippen LogP contribution in [-0.4, -0.2) is 32.3 Å². The van der Waals surface area contributed by atoms with Crippen LogP contribution in [0.25, 0.3) is 11.3 Å². The summed E-state index contributed by atoms with van der Waals surface area (Å²) in [6, 6.07) is 9.28. The first-order chi connectivity index (χ1) is 12.6. The number of hydrogen-bond donors (Lipinski definition) is 0. The average Bonchev–Trinajstić information content (AvgIpc) is 2.69. The van der Waals surface area contributed by atoms with Gasteiger partial charge >= 0.3 is 0 Å². The molecule has 0 spiro atoms. The van der Waals surface area contributed by atoms with Gasteiger partial charge in [0.2, 0.25) is 0 Å². The van der Waals surface area contributed by atoms with E-state index in [2.05, 4.69) is 15.0 Å². The van der Waals surface area contributed by atoms with Crippen LogP contribution in [0.2, 0.25) is 5.02 Å². The van der Waals surface area contributed by atoms with Crippen molar-refractivity contribution in [2.75, 3.05) is 6.54 Å². The highest BCUT2D eigenvalue weighted by Crippen LogP contribution is 2.28. The maximum atomic E-state index is 13.0. The molecular formula is C20H17ClN4O. The lowest BCUT2D eigenvalue weighted by atomic mass is 9.99. The predicted molar refractivity (Wildman–Crippen MR) is 99.9 cm³/mol. The molecule has 0 aliphatic carbocycles. The van der Waals surface area contributed by atoms with Crippen LogP contribution in [-0.2, 0) is 13.0 Å². The second kappa shape index (κ2) is 6.84. The van der Waals surface area contributed by atoms with Gasteiger partial charge in [-0.2, -0.15) is 0 Å². The number of nitrogens with zero attached hydrogens (tertiary/aromatic N) is 4. The number of hydrogen-bond acceptors (Lipinski definition) is 4. The molecule has 130 valence electrons. The summed E-state index contributed by atoms with van der Waals surface area (Å²) in [5.41, 5.74) is 5.19. The van der Waals surface area contributed by atoms with Gasteiger partial charge in [-0.25, -0.2) is 9.97 Å². The Morgan fingerprint density at radius 2 is 2.08 bits per heavy atom. The molecule has 0 bridgehead atoms. The quantitative estimate of drug-likeness (QED) is 0.695. The molecule has 1 aliphatic heterocycles. The third-order valence-corrected chi connectivity index (χ3v) is 5.13. The van der Waals surface area contributed by atoms with E-state index in [-0.39, 0.29) is 5.91 Å². The third kappa shape index (κ3) is 2.95. The molecule has 0 unspecified atom stereocenters. The van der Waals surface area contributed by atoms with Gasteiger partial charge in [0, 0.05) is 53.6 Å². The highest BCUT2D eigenvalue weighted by atomic mass is 35.5. The van der Waals surface area contributed by atoms with E-state index in [1.165, 1.54) is 0 Å². The lowest BCUT2D eigenvalue weighted by Gasteiger charge is -2.29. The first-order valence-electron chi connectivity index (χ1n) is 8.42. The molecule has 4 rings (SSSR count). The summed E-state index contributed by atoms with van der Waals surface area (Å²) in [5, 5.41) is 0.604. The van der Waals surface area contributed by atoms with Crippen molar-refractivity contribution in [1.29, 1.82) is 0 Å². The van der Waals surface area contributed by atoms with Crippen molar-refractivity contribution >= 4 is 17.5 Å². The molecule has 26 heavy (non-hydrogen) atoms. The van der Waals surface area contributed by atoms with E-state index in [4.69, 9.17) is 11.6 Å². The van der Waals surface area contributed by atoms with Gasteiger partial charge in [0.25, 0.3) is 5.91 Å². The highest BCUT2D eigenvalue weighted by molar-refractivity contribution is 6.31. The van der Waals surface area contributed by atoms with Crippen molar-refractivity contribution in [2.24, 2.45) is 0 Å². The third-order valence-electron chi connectivity index (χ3n) is 4.72. The minimum atomic E-state index is -0.0170. The Hall–Kier alpha value is -2.79. The topological polar surface area (TPSA) is 59.0 Å². The van der Waals surface area contributed by atoms with Crippen molar-refractivity contribution in [3.8, 4) is 11.3 Å². The van der Waals surface area contributed by atoms with Crippen LogP contribution < -0.4 is 0 Å². The Kier molecular flexibility index (Phi) is 4.39. The predicted octanol–water partition coefficient (Wildman–Crippen LogP) is 3.70. The Morgan fingerprint density at radius 1 is 1.19 bits per heavy atom. The fourth-order valence-corrected chi connectivity index (χ4v) is 3.45. The van der Waals surface area contributed by atoms with E-state index in [1.807, 2.05) is 36.1 Å². The van der Waals surface area contributed by atoms with Gasteiger partial charge in [0.15, 0.2) is 0 Å². The largest absolute Gasteiger partial charge is 0.334 e. The summed E-state index contributed by atoms with van der Waals surface area (Å²) >= 11 is 6.19. The lowest BCUT2D eigenvalue weighted by molar-refractivity contribution is 0.0733. The minimum Gasteiger partial charge on any atom is -0.334 e. The zero-order valence-electron chi connectivity index (χ0n) is 14.3. The Bertz CT molecular complexity index is 975. The molecule has 0 radical (unpaired) electrons. The number of amides is 1. The highest BCUT2D eigenvalue weighted by Gasteiger charge is 2.26. The van der Waals surface area contributed by atoms with E-state index < -0.39 is 0 Å². The van der Waals surface area contributed by atoms with Crippen molar-refractivity contribution in [3.05, 3.63) is 76.5 Å². The molecule has 0 saturated heterocycles. The standard InChI is InChI=1S/C20H17ClN4O/c1-13-15(5-2-6-17(13)21)20(26)25-9-7-18-16(11-25)19(24-12-23-18)14-4-3-8-22-10-14/h2-6,8,10,12H,7,9,11H2,1H3. The summed E-state index contributed by atoms with van der Waals surface area (Å²) in [7, 11) is 0. The molecule has 0 atom stereocenters. The fraction of sp³-hybridized carbons (Fsp3) is 0.200. The minimum absolute atomic E-state index is 0.0170. The zero-order valence-corrected chi connectivity index (χ0v) is 15.1. The second-order valence-corrected chi connectivity index (χ2v) is 6.69. The zero-order chi connectivity index (χ0) is 18.1. The number of benzene rings is 1. The summed E-state index contributed by atoms with van der Waals surface area (Å²) < 4.78 is 0. The molecule has 1 aliphatic rings. The van der Waals surface area contributed by atoms with E-state index in [9.17, 15) is 4.79 Å². The normalized spacial score (nSPS) is 13.4. The van der Waals surface area contributed by atoms with Crippen LogP contribution >= 0.6 is 11.6 Å². The average molecular weight is 365 g/mol. The van der Waals surface area contributed by atoms with Crippen molar-refractivity contribution < 1.29 is 4.79 Å². The summed E-state index contributed by atoms with van der Waals surface area (Å²) in [5.74, 6) is -0.0170. The van der Waals surface area contributed by atoms with Crippen LogP contribution in [0.1, 0.15) is 27.2 Å². The summed E-state index contributed by atoms with van der Waals surface area (Å²) in [6.45, 7) is 2.98. The number of carbonyl (C=O) groups excluding carboxylic acids is 1. The van der Waals surface area contributed by atoms with Crippen LogP contribution in [0, 0.1) is 6.92 Å². The maximum absolute atomic E-state index is 13.0. The number of rotatable bonds is 2. The Labute approximate surface area is 156 Å². The summed E-state index contributed by atoms with van der Waals surface area (Å²) in [6.07, 6.45) is 5.80. The van der Waals surface area contributed by atoms with Crippen molar-refractivity contribution in [2.45, 2.75) is 19.9 Å². The molecule has 0 N–H and O–H groups in total. The van der Waals surface area contributed by atoms with Gasteiger partial charge < -0.3 is 4.90 Å². The van der Waals surface area contributed by atoms with Crippen LogP contribution in [0.3, 0.4) is 0 Å². The molecule has 5 nitrogen and oxygen atoms in total. The smallest absolute Gasteiger partial charge is 0.254 e. The molecule has 1 amide bonds. The first-order valence-corrected chi connectivity index (χ1v) is 8.80. The van der Waals surface area contributed by atoms with E-state index in [1.54, 1.807) is 24.8 Å². The van der Waals surface area contributed by atoms with Gasteiger partial charge in [-0.1, -0.05) is 17.7 Å². The van der Waals surface area contributed by atoms with E-state index in [0.29, 0.717) is 30.1 Å². The molecule has 3 aromatic rings. The monoisotopic (exact) mass is 364 g/mol. The number of carbonyl (C=O) groups is 1. The molecular weight excluding hydrogens is 348 g/mol. The molecule has 1 aromatic carbocycles. The Balaban J connectivity index is 1.70. The molecule has 2 aromatic heterocycles. The van der Waals surface area contributed by atoms with Crippen molar-refractivity contribution in [3.63, 3.8) is 0 Å². The van der Waals surface area contributed by atoms with Gasteiger partial charge in [-0.3, -0.25) is 9.78 Å². The summed E-state index contributed by atoms with van der Waals surface area (Å²) in [4.78, 5) is 27.9. The van der Waals surface area contributed by atoms with E-state index >= 15 is 0 Å². The second-order valence-electron chi connectivity index (χ2n) is 6.28.